The third-order valence-corrected chi connectivity index (χ3v) is 5.40. The molecule has 1 heterocycles. The van der Waals surface area contributed by atoms with Crippen LogP contribution in [0.2, 0.25) is 5.02 Å². The number of ether oxygens (including phenoxy) is 1. The lowest BCUT2D eigenvalue weighted by atomic mass is 10.1. The van der Waals surface area contributed by atoms with Gasteiger partial charge < -0.3 is 10.5 Å². The molecule has 1 saturated heterocycles. The lowest BCUT2D eigenvalue weighted by Crippen LogP contribution is -2.30. The molecule has 1 unspecified atom stereocenters. The summed E-state index contributed by atoms with van der Waals surface area (Å²) in [5.74, 6) is 0.236. The van der Waals surface area contributed by atoms with Crippen molar-refractivity contribution in [3.63, 3.8) is 0 Å². The molecule has 5 nitrogen and oxygen atoms in total. The van der Waals surface area contributed by atoms with Gasteiger partial charge in [-0.05, 0) is 30.5 Å². The van der Waals surface area contributed by atoms with E-state index in [0.717, 1.165) is 6.42 Å². The molecule has 0 spiro atoms. The van der Waals surface area contributed by atoms with E-state index in [2.05, 4.69) is 0 Å². The normalized spacial score (nSPS) is 20.8. The minimum Gasteiger partial charge on any atom is -0.398 e. The fraction of sp³-hybridized carbons (Fsp3) is 0.500. The highest BCUT2D eigenvalue weighted by Gasteiger charge is 2.33. The molecule has 0 aliphatic carbocycles. The third kappa shape index (κ3) is 3.02. The predicted molar refractivity (Wildman–Crippen MR) is 74.6 cm³/mol. The van der Waals surface area contributed by atoms with E-state index in [4.69, 9.17) is 22.1 Å². The summed E-state index contributed by atoms with van der Waals surface area (Å²) in [5.41, 5.74) is 5.97. The Morgan fingerprint density at radius 1 is 1.53 bits per heavy atom. The SMILES string of the molecule is COCC1CCN(S(=O)(=O)c2cc(Cl)ccc2N)C1. The molecule has 19 heavy (non-hydrogen) atoms. The summed E-state index contributed by atoms with van der Waals surface area (Å²) >= 11 is 5.85. The van der Waals surface area contributed by atoms with Crippen molar-refractivity contribution in [1.82, 2.24) is 4.31 Å². The quantitative estimate of drug-likeness (QED) is 0.857. The zero-order valence-electron chi connectivity index (χ0n) is 10.7. The van der Waals surface area contributed by atoms with E-state index >= 15 is 0 Å². The molecule has 1 aromatic carbocycles. The summed E-state index contributed by atoms with van der Waals surface area (Å²) in [6, 6.07) is 4.49. The molecule has 7 heteroatoms. The Morgan fingerprint density at radius 2 is 2.26 bits per heavy atom. The lowest BCUT2D eigenvalue weighted by Gasteiger charge is -2.18. The number of hydrogen-bond donors (Lipinski definition) is 1. The van der Waals surface area contributed by atoms with Crippen molar-refractivity contribution in [2.24, 2.45) is 5.92 Å². The van der Waals surface area contributed by atoms with Crippen molar-refractivity contribution in [1.29, 1.82) is 0 Å². The summed E-state index contributed by atoms with van der Waals surface area (Å²) in [5, 5.41) is 0.361. The van der Waals surface area contributed by atoms with Crippen molar-refractivity contribution in [3.05, 3.63) is 23.2 Å². The number of benzene rings is 1. The van der Waals surface area contributed by atoms with E-state index < -0.39 is 10.0 Å². The van der Waals surface area contributed by atoms with Gasteiger partial charge in [-0.25, -0.2) is 8.42 Å². The van der Waals surface area contributed by atoms with Crippen LogP contribution in [0.4, 0.5) is 5.69 Å². The second-order valence-electron chi connectivity index (χ2n) is 4.66. The van der Waals surface area contributed by atoms with Crippen LogP contribution in [0.1, 0.15) is 6.42 Å². The van der Waals surface area contributed by atoms with Gasteiger partial charge in [0.1, 0.15) is 4.90 Å². The number of rotatable bonds is 4. The number of nitrogen functional groups attached to an aromatic ring is 1. The molecular formula is C12H17ClN2O3S. The van der Waals surface area contributed by atoms with Crippen LogP contribution in [0.25, 0.3) is 0 Å². The van der Waals surface area contributed by atoms with Crippen LogP contribution >= 0.6 is 11.6 Å². The topological polar surface area (TPSA) is 72.6 Å². The van der Waals surface area contributed by atoms with Crippen LogP contribution in [-0.2, 0) is 14.8 Å². The van der Waals surface area contributed by atoms with Crippen molar-refractivity contribution in [3.8, 4) is 0 Å². The van der Waals surface area contributed by atoms with Crippen LogP contribution in [0.3, 0.4) is 0 Å². The fourth-order valence-electron chi connectivity index (χ4n) is 2.26. The first kappa shape index (κ1) is 14.6. The molecule has 0 amide bonds. The average Bonchev–Trinajstić information content (AvgIpc) is 2.82. The number of nitrogens with zero attached hydrogens (tertiary/aromatic N) is 1. The Hall–Kier alpha value is -0.820. The van der Waals surface area contributed by atoms with Gasteiger partial charge >= 0.3 is 0 Å². The number of methoxy groups -OCH3 is 1. The van der Waals surface area contributed by atoms with Gasteiger partial charge in [-0.1, -0.05) is 11.6 Å². The number of hydrogen-bond acceptors (Lipinski definition) is 4. The molecule has 0 bridgehead atoms. The number of anilines is 1. The highest BCUT2D eigenvalue weighted by atomic mass is 35.5. The van der Waals surface area contributed by atoms with E-state index in [-0.39, 0.29) is 16.5 Å². The largest absolute Gasteiger partial charge is 0.398 e. The molecule has 106 valence electrons. The monoisotopic (exact) mass is 304 g/mol. The fourth-order valence-corrected chi connectivity index (χ4v) is 4.17. The van der Waals surface area contributed by atoms with E-state index in [0.29, 0.717) is 24.7 Å². The molecule has 0 radical (unpaired) electrons. The van der Waals surface area contributed by atoms with Crippen molar-refractivity contribution in [2.45, 2.75) is 11.3 Å². The molecular weight excluding hydrogens is 288 g/mol. The van der Waals surface area contributed by atoms with Crippen LogP contribution in [0.5, 0.6) is 0 Å². The summed E-state index contributed by atoms with van der Waals surface area (Å²) in [6.07, 6.45) is 0.799. The van der Waals surface area contributed by atoms with E-state index in [1.54, 1.807) is 13.2 Å². The molecule has 1 aliphatic heterocycles. The number of halogens is 1. The van der Waals surface area contributed by atoms with Crippen LogP contribution < -0.4 is 5.73 Å². The van der Waals surface area contributed by atoms with Gasteiger partial charge in [0.25, 0.3) is 0 Å². The van der Waals surface area contributed by atoms with Gasteiger partial charge in [0, 0.05) is 25.2 Å². The molecule has 1 aliphatic rings. The zero-order valence-corrected chi connectivity index (χ0v) is 12.2. The van der Waals surface area contributed by atoms with Gasteiger partial charge in [-0.15, -0.1) is 0 Å². The molecule has 2 N–H and O–H groups in total. The Morgan fingerprint density at radius 3 is 2.95 bits per heavy atom. The second kappa shape index (κ2) is 5.66. The molecule has 0 aromatic heterocycles. The van der Waals surface area contributed by atoms with Gasteiger partial charge in [0.05, 0.1) is 12.3 Å². The van der Waals surface area contributed by atoms with Crippen molar-refractivity contribution in [2.75, 3.05) is 32.5 Å². The molecule has 2 rings (SSSR count). The lowest BCUT2D eigenvalue weighted by molar-refractivity contribution is 0.157. The smallest absolute Gasteiger partial charge is 0.245 e. The van der Waals surface area contributed by atoms with Crippen LogP contribution in [0, 0.1) is 5.92 Å². The van der Waals surface area contributed by atoms with E-state index in [9.17, 15) is 8.42 Å². The molecule has 1 atom stereocenters. The Bertz CT molecular complexity index is 562. The Labute approximate surface area is 118 Å². The second-order valence-corrected chi connectivity index (χ2v) is 7.00. The van der Waals surface area contributed by atoms with Crippen molar-refractivity contribution >= 4 is 27.3 Å². The summed E-state index contributed by atoms with van der Waals surface area (Å²) in [4.78, 5) is 0.0815. The number of sulfonamides is 1. The average molecular weight is 305 g/mol. The number of nitrogens with two attached hydrogens (primary N) is 1. The summed E-state index contributed by atoms with van der Waals surface area (Å²) in [6.45, 7) is 1.52. The summed E-state index contributed by atoms with van der Waals surface area (Å²) < 4.78 is 31.5. The Balaban J connectivity index is 2.26. The van der Waals surface area contributed by atoms with Gasteiger partial charge in [-0.3, -0.25) is 0 Å². The molecule has 0 saturated carbocycles. The van der Waals surface area contributed by atoms with Crippen LogP contribution in [0.15, 0.2) is 23.1 Å². The van der Waals surface area contributed by atoms with Gasteiger partial charge in [0.15, 0.2) is 0 Å². The minimum atomic E-state index is -3.57. The van der Waals surface area contributed by atoms with Gasteiger partial charge in [-0.2, -0.15) is 4.31 Å². The van der Waals surface area contributed by atoms with Crippen LogP contribution in [-0.4, -0.2) is 39.5 Å². The van der Waals surface area contributed by atoms with Crippen molar-refractivity contribution < 1.29 is 13.2 Å². The zero-order chi connectivity index (χ0) is 14.0. The van der Waals surface area contributed by atoms with Gasteiger partial charge in [0.2, 0.25) is 10.0 Å². The maximum atomic E-state index is 12.5. The first-order valence-corrected chi connectivity index (χ1v) is 7.81. The van der Waals surface area contributed by atoms with E-state index in [1.165, 1.54) is 16.4 Å². The highest BCUT2D eigenvalue weighted by molar-refractivity contribution is 7.89. The predicted octanol–water partition coefficient (Wildman–Crippen LogP) is 1.58. The highest BCUT2D eigenvalue weighted by Crippen LogP contribution is 2.29. The first-order valence-electron chi connectivity index (χ1n) is 5.99. The Kier molecular flexibility index (Phi) is 4.35. The summed E-state index contributed by atoms with van der Waals surface area (Å²) in [7, 11) is -1.96. The maximum Gasteiger partial charge on any atom is 0.245 e. The standard InChI is InChI=1S/C12H17ClN2O3S/c1-18-8-9-4-5-15(7-9)19(16,17)12-6-10(13)2-3-11(12)14/h2-3,6,9H,4-5,7-8,14H2,1H3. The maximum absolute atomic E-state index is 12.5. The first-order chi connectivity index (χ1) is 8.95. The minimum absolute atomic E-state index is 0.0815. The molecule has 1 fully saturated rings. The third-order valence-electron chi connectivity index (χ3n) is 3.24. The molecule has 1 aromatic rings. The van der Waals surface area contributed by atoms with E-state index in [1.807, 2.05) is 0 Å².